The van der Waals surface area contributed by atoms with E-state index in [4.69, 9.17) is 4.74 Å². The van der Waals surface area contributed by atoms with Crippen LogP contribution in [0.2, 0.25) is 0 Å². The van der Waals surface area contributed by atoms with Gasteiger partial charge in [0, 0.05) is 24.9 Å². The van der Waals surface area contributed by atoms with Gasteiger partial charge < -0.3 is 15.2 Å². The molecule has 1 aromatic heterocycles. The second kappa shape index (κ2) is 7.24. The van der Waals surface area contributed by atoms with Gasteiger partial charge in [-0.2, -0.15) is 0 Å². The van der Waals surface area contributed by atoms with Gasteiger partial charge in [0.15, 0.2) is 0 Å². The molecule has 0 aliphatic carbocycles. The third-order valence-corrected chi connectivity index (χ3v) is 3.35. The molecule has 0 saturated heterocycles. The van der Waals surface area contributed by atoms with E-state index in [0.29, 0.717) is 12.1 Å². The van der Waals surface area contributed by atoms with E-state index < -0.39 is 23.1 Å². The molecule has 6 heteroatoms. The molecule has 1 atom stereocenters. The average Bonchev–Trinajstić information content (AvgIpc) is 2.42. The maximum absolute atomic E-state index is 11.8. The summed E-state index contributed by atoms with van der Waals surface area (Å²) >= 11 is 0. The van der Waals surface area contributed by atoms with Crippen LogP contribution in [0, 0.1) is 5.41 Å². The largest absolute Gasteiger partial charge is 0.481 e. The molecule has 6 nitrogen and oxygen atoms in total. The summed E-state index contributed by atoms with van der Waals surface area (Å²) in [6.45, 7) is 7.04. The van der Waals surface area contributed by atoms with Crippen LogP contribution in [-0.4, -0.2) is 34.3 Å². The minimum absolute atomic E-state index is 0.00960. The van der Waals surface area contributed by atoms with Gasteiger partial charge in [0.2, 0.25) is 0 Å². The molecule has 0 radical (unpaired) electrons. The first-order chi connectivity index (χ1) is 10.2. The van der Waals surface area contributed by atoms with Crippen LogP contribution in [0.25, 0.3) is 0 Å². The first-order valence-corrected chi connectivity index (χ1v) is 7.29. The molecule has 0 saturated carbocycles. The molecular formula is C16H24N2O4. The number of carboxylic acid groups (broad SMARTS) is 1. The normalized spacial score (nSPS) is 14.0. The van der Waals surface area contributed by atoms with E-state index in [1.54, 1.807) is 46.0 Å². The highest BCUT2D eigenvalue weighted by molar-refractivity contribution is 5.76. The lowest BCUT2D eigenvalue weighted by molar-refractivity contribution is -0.148. The lowest BCUT2D eigenvalue weighted by Crippen LogP contribution is -2.45. The number of aliphatic carboxylic acids is 1. The Bertz CT molecular complexity index is 511. The van der Waals surface area contributed by atoms with Gasteiger partial charge in [-0.1, -0.05) is 13.0 Å². The van der Waals surface area contributed by atoms with Crippen molar-refractivity contribution in [2.45, 2.75) is 46.1 Å². The van der Waals surface area contributed by atoms with Gasteiger partial charge in [-0.15, -0.1) is 0 Å². The van der Waals surface area contributed by atoms with Gasteiger partial charge >= 0.3 is 12.1 Å². The Morgan fingerprint density at radius 1 is 1.32 bits per heavy atom. The maximum atomic E-state index is 11.8. The Hall–Kier alpha value is -2.11. The zero-order valence-corrected chi connectivity index (χ0v) is 13.5. The molecule has 1 aromatic rings. The summed E-state index contributed by atoms with van der Waals surface area (Å²) < 4.78 is 5.15. The van der Waals surface area contributed by atoms with Crippen LogP contribution in [0.1, 0.15) is 39.8 Å². The van der Waals surface area contributed by atoms with Gasteiger partial charge in [0.05, 0.1) is 5.41 Å². The molecular weight excluding hydrogens is 284 g/mol. The number of amides is 1. The number of carboxylic acids is 1. The maximum Gasteiger partial charge on any atom is 0.407 e. The second-order valence-corrected chi connectivity index (χ2v) is 6.29. The van der Waals surface area contributed by atoms with Crippen molar-refractivity contribution in [1.82, 2.24) is 10.3 Å². The minimum Gasteiger partial charge on any atom is -0.481 e. The number of pyridine rings is 1. The Morgan fingerprint density at radius 3 is 2.45 bits per heavy atom. The topological polar surface area (TPSA) is 88.5 Å². The Morgan fingerprint density at radius 2 is 2.00 bits per heavy atom. The predicted molar refractivity (Wildman–Crippen MR) is 82.5 cm³/mol. The molecule has 1 amide bonds. The first-order valence-electron chi connectivity index (χ1n) is 7.29. The molecule has 0 spiro atoms. The number of carbonyl (C=O) groups excluding carboxylic acids is 1. The molecule has 0 fully saturated rings. The van der Waals surface area contributed by atoms with Crippen molar-refractivity contribution in [3.8, 4) is 0 Å². The van der Waals surface area contributed by atoms with Crippen LogP contribution in [0.3, 0.4) is 0 Å². The number of hydrogen-bond acceptors (Lipinski definition) is 4. The molecule has 1 unspecified atom stereocenters. The zero-order valence-electron chi connectivity index (χ0n) is 13.5. The molecule has 0 bridgehead atoms. The van der Waals surface area contributed by atoms with E-state index in [1.165, 1.54) is 0 Å². The summed E-state index contributed by atoms with van der Waals surface area (Å²) in [6.07, 6.45) is 1.62. The highest BCUT2D eigenvalue weighted by Gasteiger charge is 2.38. The van der Waals surface area contributed by atoms with E-state index in [0.717, 1.165) is 0 Å². The van der Waals surface area contributed by atoms with Gasteiger partial charge in [0.1, 0.15) is 5.60 Å². The van der Waals surface area contributed by atoms with Crippen LogP contribution in [0.15, 0.2) is 24.4 Å². The lowest BCUT2D eigenvalue weighted by Gasteiger charge is -2.29. The van der Waals surface area contributed by atoms with Crippen molar-refractivity contribution in [3.63, 3.8) is 0 Å². The fraction of sp³-hybridized carbons (Fsp3) is 0.562. The first kappa shape index (κ1) is 17.9. The van der Waals surface area contributed by atoms with Crippen molar-refractivity contribution in [2.75, 3.05) is 6.54 Å². The summed E-state index contributed by atoms with van der Waals surface area (Å²) in [5.74, 6) is -0.961. The molecule has 122 valence electrons. The zero-order chi connectivity index (χ0) is 16.8. The number of ether oxygens (including phenoxy) is 1. The SMILES string of the molecule is CCC(CNC(=O)OC(C)(C)C)(Cc1ccccn1)C(=O)O. The standard InChI is InChI=1S/C16H24N2O4/c1-5-16(13(19)20,10-12-8-6-7-9-17-12)11-18-14(21)22-15(2,3)4/h6-9H,5,10-11H2,1-4H3,(H,18,21)(H,19,20). The van der Waals surface area contributed by atoms with E-state index >= 15 is 0 Å². The Labute approximate surface area is 130 Å². The number of nitrogens with one attached hydrogen (secondary N) is 1. The van der Waals surface area contributed by atoms with Gasteiger partial charge in [-0.25, -0.2) is 4.79 Å². The van der Waals surface area contributed by atoms with Crippen molar-refractivity contribution in [3.05, 3.63) is 30.1 Å². The smallest absolute Gasteiger partial charge is 0.407 e. The molecule has 22 heavy (non-hydrogen) atoms. The number of hydrogen-bond donors (Lipinski definition) is 2. The predicted octanol–water partition coefficient (Wildman–Crippen LogP) is 2.63. The molecule has 0 aliphatic heterocycles. The van der Waals surface area contributed by atoms with Gasteiger partial charge in [-0.05, 0) is 39.3 Å². The number of alkyl carbamates (subject to hydrolysis) is 1. The summed E-state index contributed by atoms with van der Waals surface area (Å²) in [5, 5.41) is 12.2. The number of aromatic nitrogens is 1. The Balaban J connectivity index is 2.80. The van der Waals surface area contributed by atoms with Crippen molar-refractivity contribution >= 4 is 12.1 Å². The average molecular weight is 308 g/mol. The quantitative estimate of drug-likeness (QED) is 0.843. The third-order valence-electron chi connectivity index (χ3n) is 3.35. The number of carbonyl (C=O) groups is 2. The molecule has 0 aliphatic rings. The van der Waals surface area contributed by atoms with E-state index in [9.17, 15) is 14.7 Å². The van der Waals surface area contributed by atoms with Gasteiger partial charge in [0.25, 0.3) is 0 Å². The van der Waals surface area contributed by atoms with Crippen LogP contribution in [-0.2, 0) is 16.0 Å². The fourth-order valence-corrected chi connectivity index (χ4v) is 2.02. The van der Waals surface area contributed by atoms with Crippen molar-refractivity contribution in [2.24, 2.45) is 5.41 Å². The second-order valence-electron chi connectivity index (χ2n) is 6.29. The Kier molecular flexibility index (Phi) is 5.91. The minimum atomic E-state index is -1.11. The van der Waals surface area contributed by atoms with Crippen molar-refractivity contribution in [1.29, 1.82) is 0 Å². The van der Waals surface area contributed by atoms with Crippen LogP contribution in [0.5, 0.6) is 0 Å². The van der Waals surface area contributed by atoms with E-state index in [1.807, 2.05) is 6.07 Å². The van der Waals surface area contributed by atoms with Crippen molar-refractivity contribution < 1.29 is 19.4 Å². The van der Waals surface area contributed by atoms with Crippen LogP contribution in [0.4, 0.5) is 4.79 Å². The highest BCUT2D eigenvalue weighted by Crippen LogP contribution is 2.26. The lowest BCUT2D eigenvalue weighted by atomic mass is 9.80. The summed E-state index contributed by atoms with van der Waals surface area (Å²) in [5.41, 5.74) is -1.05. The molecule has 1 rings (SSSR count). The summed E-state index contributed by atoms with van der Waals surface area (Å²) in [6, 6.07) is 5.36. The fourth-order valence-electron chi connectivity index (χ4n) is 2.02. The van der Waals surface area contributed by atoms with Crippen LogP contribution >= 0.6 is 0 Å². The molecule has 0 aromatic carbocycles. The molecule has 1 heterocycles. The van der Waals surface area contributed by atoms with E-state index in [2.05, 4.69) is 10.3 Å². The third kappa shape index (κ3) is 5.35. The number of rotatable bonds is 6. The highest BCUT2D eigenvalue weighted by atomic mass is 16.6. The van der Waals surface area contributed by atoms with Crippen LogP contribution < -0.4 is 5.32 Å². The van der Waals surface area contributed by atoms with Gasteiger partial charge in [-0.3, -0.25) is 9.78 Å². The summed E-state index contributed by atoms with van der Waals surface area (Å²) in [4.78, 5) is 27.7. The summed E-state index contributed by atoms with van der Waals surface area (Å²) in [7, 11) is 0. The monoisotopic (exact) mass is 308 g/mol. The van der Waals surface area contributed by atoms with E-state index in [-0.39, 0.29) is 13.0 Å². The molecule has 2 N–H and O–H groups in total. The number of nitrogens with zero attached hydrogens (tertiary/aromatic N) is 1.